The summed E-state index contributed by atoms with van der Waals surface area (Å²) in [5.74, 6) is -0.312. The molecule has 12 heteroatoms. The fourth-order valence-corrected chi connectivity index (χ4v) is 6.71. The van der Waals surface area contributed by atoms with Crippen LogP contribution < -0.4 is 27.7 Å². The molecule has 2 aliphatic rings. The molecular weight excluding hydrogens is 730 g/mol. The average molecular weight is 773 g/mol. The number of rotatable bonds is 12. The first-order valence-electron chi connectivity index (χ1n) is 17.2. The molecule has 6 heterocycles. The molecule has 1 radical (unpaired) electrons. The van der Waals surface area contributed by atoms with Crippen LogP contribution >= 0.6 is 0 Å². The Labute approximate surface area is 326 Å². The summed E-state index contributed by atoms with van der Waals surface area (Å²) in [5, 5.41) is 3.06. The minimum atomic E-state index is -0.292. The molecule has 4 aromatic heterocycles. The molecule has 1 amide bonds. The van der Waals surface area contributed by atoms with Crippen molar-refractivity contribution in [2.45, 2.75) is 66.3 Å². The van der Waals surface area contributed by atoms with E-state index in [0.29, 0.717) is 25.8 Å². The molecule has 0 spiro atoms. The largest absolute Gasteiger partial charge is 3.00 e. The number of hydrogen-bond acceptors (Lipinski definition) is 6. The third kappa shape index (κ3) is 8.65. The molecule has 10 nitrogen and oxygen atoms in total. The smallest absolute Gasteiger partial charge is 1.00 e. The summed E-state index contributed by atoms with van der Waals surface area (Å²) in [6, 6.07) is 7.96. The van der Waals surface area contributed by atoms with Crippen molar-refractivity contribution in [3.05, 3.63) is 113 Å². The number of esters is 1. The normalized spacial score (nSPS) is 12.2. The Bertz CT molecular complexity index is 2280. The molecule has 6 rings (SSSR count). The number of fused-ring (bicyclic) bond motifs is 8. The van der Waals surface area contributed by atoms with E-state index in [2.05, 4.69) is 23.5 Å². The summed E-state index contributed by atoms with van der Waals surface area (Å²) in [6.45, 7) is 17.7. The van der Waals surface area contributed by atoms with E-state index in [1.165, 1.54) is 7.11 Å². The number of carbonyl (C=O) groups is 2. The van der Waals surface area contributed by atoms with Gasteiger partial charge in [0.1, 0.15) is 0 Å². The molecule has 0 aliphatic carbocycles. The summed E-state index contributed by atoms with van der Waals surface area (Å²) in [7, 11) is 1.40. The number of carbonyl (C=O) groups excluding carboxylic acids is 2. The van der Waals surface area contributed by atoms with Gasteiger partial charge in [-0.1, -0.05) is 65.8 Å². The van der Waals surface area contributed by atoms with Crippen molar-refractivity contribution in [1.82, 2.24) is 34.8 Å². The summed E-state index contributed by atoms with van der Waals surface area (Å²) < 4.78 is 6.97. The van der Waals surface area contributed by atoms with E-state index in [-0.39, 0.29) is 47.8 Å². The molecule has 4 aromatic rings. The van der Waals surface area contributed by atoms with Crippen LogP contribution in [0.4, 0.5) is 0 Å². The number of ether oxygens (including phenoxy) is 1. The van der Waals surface area contributed by atoms with Gasteiger partial charge in [-0.05, 0) is 64.2 Å². The Hall–Kier alpha value is -4.96. The van der Waals surface area contributed by atoms with E-state index in [1.807, 2.05) is 74.9 Å². The quantitative estimate of drug-likeness (QED) is 0.131. The van der Waals surface area contributed by atoms with Crippen LogP contribution in [0.15, 0.2) is 68.3 Å². The zero-order valence-electron chi connectivity index (χ0n) is 30.7. The first kappa shape index (κ1) is 40.8. The van der Waals surface area contributed by atoms with Crippen LogP contribution in [0, 0.1) is 13.8 Å². The van der Waals surface area contributed by atoms with Gasteiger partial charge in [-0.2, -0.15) is 0 Å². The van der Waals surface area contributed by atoms with Crippen molar-refractivity contribution in [3.8, 4) is 0 Å². The van der Waals surface area contributed by atoms with Gasteiger partial charge in [-0.25, -0.2) is 15.0 Å². The van der Waals surface area contributed by atoms with Crippen LogP contribution in [-0.4, -0.2) is 45.1 Å². The van der Waals surface area contributed by atoms with Gasteiger partial charge in [0.05, 0.1) is 36.2 Å². The van der Waals surface area contributed by atoms with Crippen LogP contribution in [0.1, 0.15) is 78.1 Å². The van der Waals surface area contributed by atoms with Crippen LogP contribution in [0.5, 0.6) is 0 Å². The van der Waals surface area contributed by atoms with Crippen molar-refractivity contribution in [1.29, 1.82) is 0 Å². The predicted octanol–water partition coefficient (Wildman–Crippen LogP) is 3.87. The predicted molar refractivity (Wildman–Crippen MR) is 202 cm³/mol. The Morgan fingerprint density at radius 1 is 0.811 bits per heavy atom. The first-order valence-corrected chi connectivity index (χ1v) is 17.2. The Morgan fingerprint density at radius 3 is 1.91 bits per heavy atom. The summed E-state index contributed by atoms with van der Waals surface area (Å²) in [6.07, 6.45) is 11.4. The average Bonchev–Trinajstić information content (AvgIpc) is 3.92. The van der Waals surface area contributed by atoms with Crippen LogP contribution in [-0.2, 0) is 50.8 Å². The molecule has 0 saturated carbocycles. The van der Waals surface area contributed by atoms with E-state index in [4.69, 9.17) is 24.7 Å². The van der Waals surface area contributed by atoms with Crippen molar-refractivity contribution in [2.24, 2.45) is 0 Å². The van der Waals surface area contributed by atoms with Gasteiger partial charge >= 0.3 is 23.0 Å². The number of methoxy groups -OCH3 is 1. The summed E-state index contributed by atoms with van der Waals surface area (Å²) in [4.78, 5) is 49.6. The van der Waals surface area contributed by atoms with E-state index >= 15 is 0 Å². The zero-order valence-corrected chi connectivity index (χ0v) is 32.6. The van der Waals surface area contributed by atoms with Crippen LogP contribution in [0.3, 0.4) is 0 Å². The van der Waals surface area contributed by atoms with Gasteiger partial charge in [-0.3, -0.25) is 9.59 Å². The van der Waals surface area contributed by atoms with Crippen LogP contribution in [0.2, 0.25) is 0 Å². The van der Waals surface area contributed by atoms with Gasteiger partial charge in [0, 0.05) is 49.5 Å². The van der Waals surface area contributed by atoms with Gasteiger partial charge < -0.3 is 37.0 Å². The molecule has 0 unspecified atom stereocenters. The number of nitrogens with one attached hydrogen (secondary N) is 1. The van der Waals surface area contributed by atoms with Gasteiger partial charge in [-0.15, -0.1) is 22.1 Å². The molecule has 0 fully saturated rings. The summed E-state index contributed by atoms with van der Waals surface area (Å²) >= 11 is 0. The fourth-order valence-electron chi connectivity index (χ4n) is 6.71. The van der Waals surface area contributed by atoms with Crippen molar-refractivity contribution in [3.63, 3.8) is 0 Å². The monoisotopic (exact) mass is 772 g/mol. The molecule has 0 aromatic carbocycles. The van der Waals surface area contributed by atoms with Crippen LogP contribution in [0.25, 0.3) is 44.4 Å². The van der Waals surface area contributed by atoms with Crippen molar-refractivity contribution < 1.29 is 43.8 Å². The SMILES string of the molecule is C=CC1=C(C)c2cc3[n-]c(cc4[n-]c(cc5nc(cc1n2)C(C)=C5C=C)c(C)c4CCC(=O)OC)c(CCC(=O)NCCCn1ccnc1)c3C.[Cl-].[Fe+3]. The second-order valence-corrected chi connectivity index (χ2v) is 12.9. The molecule has 275 valence electrons. The Kier molecular flexibility index (Phi) is 13.6. The van der Waals surface area contributed by atoms with E-state index in [0.717, 1.165) is 102 Å². The zero-order chi connectivity index (χ0) is 36.2. The minimum absolute atomic E-state index is 0. The van der Waals surface area contributed by atoms with E-state index in [9.17, 15) is 9.59 Å². The molecule has 53 heavy (non-hydrogen) atoms. The van der Waals surface area contributed by atoms with Gasteiger partial charge in [0.25, 0.3) is 0 Å². The first-order chi connectivity index (χ1) is 24.6. The number of hydrogen-bond donors (Lipinski definition) is 1. The van der Waals surface area contributed by atoms with Crippen molar-refractivity contribution >= 4 is 56.2 Å². The number of nitrogens with zero attached hydrogens (tertiary/aromatic N) is 6. The Balaban J connectivity index is 0.00000314. The second kappa shape index (κ2) is 17.7. The third-order valence-corrected chi connectivity index (χ3v) is 9.77. The number of aryl methyl sites for hydroxylation is 5. The number of halogens is 1. The topological polar surface area (TPSA) is 127 Å². The molecule has 0 atom stereocenters. The van der Waals surface area contributed by atoms with E-state index < -0.39 is 0 Å². The standard InChI is InChI=1S/C41H44N7O3.ClH.Fe/c1-8-28-24(3)32-19-33-26(5)30(11-13-40(49)43-15-10-17-48-18-16-42-23-48)38(46-33)22-39-31(12-14-41(50)51-7)27(6)35(47-39)21-37-29(9-2)25(4)34(45-37)20-36(28)44-32;;/h8-9,16,18-23H,1-2,10-15,17H2,3-7H3,(H2-,43,44,45,46,47,49);1H;/q-1;;+3/p-2. The molecule has 1 N–H and O–H groups in total. The summed E-state index contributed by atoms with van der Waals surface area (Å²) in [5.41, 5.74) is 13.8. The molecule has 8 bridgehead atoms. The Morgan fingerprint density at radius 2 is 1.36 bits per heavy atom. The third-order valence-electron chi connectivity index (χ3n) is 9.77. The maximum absolute atomic E-state index is 13.0. The van der Waals surface area contributed by atoms with E-state index in [1.54, 1.807) is 12.5 Å². The molecule has 0 saturated heterocycles. The van der Waals surface area contributed by atoms with Gasteiger partial charge in [0.15, 0.2) is 0 Å². The number of aromatic nitrogens is 6. The molecule has 2 aliphatic heterocycles. The van der Waals surface area contributed by atoms with Gasteiger partial charge in [0.2, 0.25) is 5.91 Å². The minimum Gasteiger partial charge on any atom is -1.00 e. The number of allylic oxidation sites excluding steroid dienone is 6. The second-order valence-electron chi connectivity index (χ2n) is 12.9. The van der Waals surface area contributed by atoms with Crippen molar-refractivity contribution in [2.75, 3.05) is 13.7 Å². The number of amides is 1. The fraction of sp³-hybridized carbons (Fsp3) is 0.293. The maximum Gasteiger partial charge on any atom is 3.00 e. The molecular formula is C41H43ClFeN7O3. The number of imidazole rings is 1. The maximum atomic E-state index is 13.0.